The second-order valence-corrected chi connectivity index (χ2v) is 4.93. The highest BCUT2D eigenvalue weighted by Crippen LogP contribution is 2.05. The van der Waals surface area contributed by atoms with Gasteiger partial charge in [0.2, 0.25) is 0 Å². The summed E-state index contributed by atoms with van der Waals surface area (Å²) in [6.45, 7) is 5.75. The van der Waals surface area contributed by atoms with Gasteiger partial charge in [-0.2, -0.15) is 0 Å². The van der Waals surface area contributed by atoms with Crippen LogP contribution in [0.2, 0.25) is 0 Å². The topological polar surface area (TPSA) is 29.4 Å². The van der Waals surface area contributed by atoms with Crippen LogP contribution >= 0.6 is 0 Å². The molecule has 0 saturated heterocycles. The Bertz CT molecular complexity index is 139. The number of rotatable bonds is 0. The zero-order valence-corrected chi connectivity index (χ0v) is 6.70. The third-order valence-electron chi connectivity index (χ3n) is 0.756. The van der Waals surface area contributed by atoms with Crippen molar-refractivity contribution < 1.29 is 4.21 Å². The standard InChI is InChI=1S/C5H13NOS/c1-5(2,3)8(7)6-4/h8H,1-4H3. The van der Waals surface area contributed by atoms with Gasteiger partial charge >= 0.3 is 0 Å². The molecule has 0 rings (SSSR count). The summed E-state index contributed by atoms with van der Waals surface area (Å²) in [5.74, 6) is 0. The van der Waals surface area contributed by atoms with E-state index in [1.807, 2.05) is 20.8 Å². The summed E-state index contributed by atoms with van der Waals surface area (Å²) in [7, 11) is 0.243. The third-order valence-corrected chi connectivity index (χ3v) is 2.27. The predicted molar refractivity (Wildman–Crippen MR) is 37.6 cm³/mol. The molecule has 0 aromatic rings. The van der Waals surface area contributed by atoms with E-state index in [-0.39, 0.29) is 4.75 Å². The number of nitrogens with zero attached hydrogens (tertiary/aromatic N) is 1. The minimum absolute atomic E-state index is 0.149. The van der Waals surface area contributed by atoms with Crippen LogP contribution in [0.4, 0.5) is 0 Å². The molecule has 0 heterocycles. The van der Waals surface area contributed by atoms with Crippen molar-refractivity contribution in [1.82, 2.24) is 0 Å². The van der Waals surface area contributed by atoms with Crippen molar-refractivity contribution in [3.05, 3.63) is 0 Å². The molecule has 0 aliphatic rings. The Labute approximate surface area is 52.5 Å². The lowest BCUT2D eigenvalue weighted by Crippen LogP contribution is -2.14. The smallest absolute Gasteiger partial charge is 0.0430 e. The van der Waals surface area contributed by atoms with Crippen LogP contribution in [0.5, 0.6) is 0 Å². The first-order valence-electron chi connectivity index (χ1n) is 2.55. The van der Waals surface area contributed by atoms with Crippen molar-refractivity contribution in [2.75, 3.05) is 7.05 Å². The molecule has 8 heavy (non-hydrogen) atoms. The van der Waals surface area contributed by atoms with Crippen molar-refractivity contribution in [2.24, 2.45) is 4.36 Å². The van der Waals surface area contributed by atoms with Crippen molar-refractivity contribution in [3.63, 3.8) is 0 Å². The Balaban J connectivity index is 4.27. The molecule has 0 amide bonds. The molecule has 0 spiro atoms. The third kappa shape index (κ3) is 2.31. The van der Waals surface area contributed by atoms with E-state index < -0.39 is 10.6 Å². The lowest BCUT2D eigenvalue weighted by molar-refractivity contribution is 0.656. The Morgan fingerprint density at radius 2 is 1.75 bits per heavy atom. The van der Waals surface area contributed by atoms with Gasteiger partial charge in [0.25, 0.3) is 0 Å². The molecule has 0 fully saturated rings. The molecule has 3 heteroatoms. The van der Waals surface area contributed by atoms with Gasteiger partial charge in [0.1, 0.15) is 0 Å². The summed E-state index contributed by atoms with van der Waals surface area (Å²) in [4.78, 5) is 0. The number of thiol groups is 1. The Morgan fingerprint density at radius 1 is 1.38 bits per heavy atom. The van der Waals surface area contributed by atoms with Gasteiger partial charge in [-0.25, -0.2) is 4.36 Å². The minimum Gasteiger partial charge on any atom is -0.252 e. The van der Waals surface area contributed by atoms with Crippen LogP contribution in [-0.2, 0) is 10.6 Å². The van der Waals surface area contributed by atoms with Crippen LogP contribution < -0.4 is 0 Å². The zero-order valence-electron chi connectivity index (χ0n) is 5.80. The fourth-order valence-corrected chi connectivity index (χ4v) is 0.900. The molecule has 0 aromatic heterocycles. The van der Waals surface area contributed by atoms with E-state index in [9.17, 15) is 4.21 Å². The van der Waals surface area contributed by atoms with Gasteiger partial charge in [-0.3, -0.25) is 4.21 Å². The van der Waals surface area contributed by atoms with E-state index in [2.05, 4.69) is 4.36 Å². The Kier molecular flexibility index (Phi) is 2.47. The average molecular weight is 135 g/mol. The monoisotopic (exact) mass is 135 g/mol. The average Bonchev–Trinajstić information content (AvgIpc) is 1.62. The van der Waals surface area contributed by atoms with E-state index in [1.165, 1.54) is 0 Å². The highest BCUT2D eigenvalue weighted by atomic mass is 32.2. The second-order valence-electron chi connectivity index (χ2n) is 2.64. The molecule has 1 atom stereocenters. The summed E-state index contributed by atoms with van der Waals surface area (Å²) >= 11 is 0. The minimum atomic E-state index is -1.34. The maximum atomic E-state index is 10.8. The first-order chi connectivity index (χ1) is 3.48. The van der Waals surface area contributed by atoms with Gasteiger partial charge in [-0.15, -0.1) is 0 Å². The Hall–Kier alpha value is -0.0500. The second kappa shape index (κ2) is 2.49. The maximum absolute atomic E-state index is 10.8. The van der Waals surface area contributed by atoms with E-state index in [0.29, 0.717) is 0 Å². The van der Waals surface area contributed by atoms with Crippen molar-refractivity contribution in [3.8, 4) is 0 Å². The first-order valence-corrected chi connectivity index (χ1v) is 3.77. The molecule has 1 unspecified atom stereocenters. The van der Waals surface area contributed by atoms with Crippen LogP contribution in [-0.4, -0.2) is 16.0 Å². The summed E-state index contributed by atoms with van der Waals surface area (Å²) in [6.07, 6.45) is 0. The van der Waals surface area contributed by atoms with Crippen LogP contribution in [0, 0.1) is 0 Å². The van der Waals surface area contributed by atoms with E-state index in [0.717, 1.165) is 0 Å². The molecule has 50 valence electrons. The van der Waals surface area contributed by atoms with Crippen molar-refractivity contribution in [1.29, 1.82) is 0 Å². The first kappa shape index (κ1) is 7.95. The van der Waals surface area contributed by atoms with Gasteiger partial charge in [-0.1, -0.05) is 0 Å². The molecule has 0 saturated carbocycles. The van der Waals surface area contributed by atoms with E-state index in [4.69, 9.17) is 0 Å². The molecule has 0 bridgehead atoms. The fourth-order valence-electron chi connectivity index (χ4n) is 0.300. The summed E-state index contributed by atoms with van der Waals surface area (Å²) in [5.41, 5.74) is 0. The summed E-state index contributed by atoms with van der Waals surface area (Å²) < 4.78 is 14.3. The van der Waals surface area contributed by atoms with E-state index in [1.54, 1.807) is 7.05 Å². The molecular formula is C5H13NOS. The van der Waals surface area contributed by atoms with Gasteiger partial charge in [0.05, 0.1) is 0 Å². The van der Waals surface area contributed by atoms with Crippen LogP contribution in [0.15, 0.2) is 4.36 Å². The number of hydrogen-bond donors (Lipinski definition) is 1. The fraction of sp³-hybridized carbons (Fsp3) is 1.00. The highest BCUT2D eigenvalue weighted by molar-refractivity contribution is 7.76. The molecule has 0 aromatic carbocycles. The van der Waals surface area contributed by atoms with E-state index >= 15 is 0 Å². The maximum Gasteiger partial charge on any atom is 0.0430 e. The van der Waals surface area contributed by atoms with Crippen molar-refractivity contribution >= 4 is 10.6 Å². The predicted octanol–water partition coefficient (Wildman–Crippen LogP) is 1.08. The lowest BCUT2D eigenvalue weighted by atomic mass is 10.3. The highest BCUT2D eigenvalue weighted by Gasteiger charge is 2.09. The molecule has 0 aliphatic carbocycles. The van der Waals surface area contributed by atoms with Gasteiger partial charge in [-0.05, 0) is 20.8 Å². The SMILES string of the molecule is C/N=[SH](=O)/C(C)(C)C. The van der Waals surface area contributed by atoms with Crippen LogP contribution in [0.1, 0.15) is 20.8 Å². The largest absolute Gasteiger partial charge is 0.252 e. The lowest BCUT2D eigenvalue weighted by Gasteiger charge is -2.09. The van der Waals surface area contributed by atoms with Gasteiger partial charge in [0, 0.05) is 22.4 Å². The molecule has 0 N–H and O–H groups in total. The normalized spacial score (nSPS) is 16.5. The molecular weight excluding hydrogens is 122 g/mol. The number of hydrogen-bond acceptors (Lipinski definition) is 2. The molecule has 0 aliphatic heterocycles. The van der Waals surface area contributed by atoms with Gasteiger partial charge in [0.15, 0.2) is 0 Å². The quantitative estimate of drug-likeness (QED) is 0.495. The van der Waals surface area contributed by atoms with Crippen LogP contribution in [0.3, 0.4) is 0 Å². The molecule has 2 nitrogen and oxygen atoms in total. The summed E-state index contributed by atoms with van der Waals surface area (Å²) in [6, 6.07) is 0. The van der Waals surface area contributed by atoms with Gasteiger partial charge < -0.3 is 0 Å². The molecule has 0 radical (unpaired) electrons. The summed E-state index contributed by atoms with van der Waals surface area (Å²) in [5, 5.41) is 0. The Morgan fingerprint density at radius 3 is 1.75 bits per heavy atom. The zero-order chi connectivity index (χ0) is 6.78. The van der Waals surface area contributed by atoms with Crippen molar-refractivity contribution in [2.45, 2.75) is 25.5 Å². The van der Waals surface area contributed by atoms with Crippen LogP contribution in [0.25, 0.3) is 0 Å².